The van der Waals surface area contributed by atoms with E-state index in [0.29, 0.717) is 23.7 Å². The SMILES string of the molecule is N#Cc1cccc(NC(=O)NC[C@H]2C[C@@H](Cc3ccc(F)cc3)CCN2)c1. The Morgan fingerprint density at radius 3 is 2.85 bits per heavy atom. The van der Waals surface area contributed by atoms with E-state index in [1.807, 2.05) is 18.2 Å². The summed E-state index contributed by atoms with van der Waals surface area (Å²) < 4.78 is 13.0. The van der Waals surface area contributed by atoms with Gasteiger partial charge in [-0.25, -0.2) is 9.18 Å². The fraction of sp³-hybridized carbons (Fsp3) is 0.333. The van der Waals surface area contributed by atoms with E-state index in [9.17, 15) is 9.18 Å². The molecule has 1 aliphatic rings. The molecule has 2 aromatic carbocycles. The number of nitriles is 1. The molecule has 2 atom stereocenters. The molecule has 0 unspecified atom stereocenters. The van der Waals surface area contributed by atoms with Crippen LogP contribution in [0.25, 0.3) is 0 Å². The van der Waals surface area contributed by atoms with Gasteiger partial charge in [0.1, 0.15) is 5.82 Å². The molecule has 3 N–H and O–H groups in total. The lowest BCUT2D eigenvalue weighted by Gasteiger charge is -2.30. The Kier molecular flexibility index (Phi) is 6.39. The maximum atomic E-state index is 13.0. The van der Waals surface area contributed by atoms with Gasteiger partial charge in [0, 0.05) is 18.3 Å². The fourth-order valence-corrected chi connectivity index (χ4v) is 3.45. The molecule has 0 saturated carbocycles. The van der Waals surface area contributed by atoms with Crippen LogP contribution in [-0.2, 0) is 6.42 Å². The number of nitrogens with zero attached hydrogens (tertiary/aromatic N) is 1. The quantitative estimate of drug-likeness (QED) is 0.759. The number of carbonyl (C=O) groups is 1. The number of amides is 2. The Bertz CT molecular complexity index is 816. The van der Waals surface area contributed by atoms with E-state index in [1.165, 1.54) is 12.1 Å². The highest BCUT2D eigenvalue weighted by molar-refractivity contribution is 5.89. The zero-order chi connectivity index (χ0) is 19.1. The molecule has 2 aromatic rings. The van der Waals surface area contributed by atoms with Gasteiger partial charge in [-0.3, -0.25) is 0 Å². The van der Waals surface area contributed by atoms with Crippen LogP contribution in [0.5, 0.6) is 0 Å². The van der Waals surface area contributed by atoms with Gasteiger partial charge in [0.05, 0.1) is 11.6 Å². The highest BCUT2D eigenvalue weighted by Gasteiger charge is 2.22. The predicted octanol–water partition coefficient (Wildman–Crippen LogP) is 3.43. The molecule has 6 heteroatoms. The molecule has 0 aliphatic carbocycles. The minimum absolute atomic E-state index is 0.209. The number of nitrogens with one attached hydrogen (secondary N) is 3. The van der Waals surface area contributed by atoms with E-state index in [1.54, 1.807) is 24.3 Å². The highest BCUT2D eigenvalue weighted by Crippen LogP contribution is 2.21. The predicted molar refractivity (Wildman–Crippen MR) is 103 cm³/mol. The smallest absolute Gasteiger partial charge is 0.319 e. The zero-order valence-corrected chi connectivity index (χ0v) is 15.0. The van der Waals surface area contributed by atoms with Crippen molar-refractivity contribution in [1.29, 1.82) is 5.26 Å². The maximum absolute atomic E-state index is 13.0. The first-order valence-electron chi connectivity index (χ1n) is 9.15. The van der Waals surface area contributed by atoms with Crippen molar-refractivity contribution >= 4 is 11.7 Å². The number of halogens is 1. The summed E-state index contributed by atoms with van der Waals surface area (Å²) in [5.74, 6) is 0.302. The van der Waals surface area contributed by atoms with E-state index in [0.717, 1.165) is 31.4 Å². The Labute approximate surface area is 158 Å². The van der Waals surface area contributed by atoms with Crippen LogP contribution in [0.4, 0.5) is 14.9 Å². The zero-order valence-electron chi connectivity index (χ0n) is 15.0. The second kappa shape index (κ2) is 9.15. The van der Waals surface area contributed by atoms with Crippen LogP contribution in [0.2, 0.25) is 0 Å². The van der Waals surface area contributed by atoms with Crippen LogP contribution in [0.15, 0.2) is 48.5 Å². The lowest BCUT2D eigenvalue weighted by molar-refractivity contribution is 0.246. The van der Waals surface area contributed by atoms with Crippen molar-refractivity contribution in [2.45, 2.75) is 25.3 Å². The first-order chi connectivity index (χ1) is 13.1. The third-order valence-electron chi connectivity index (χ3n) is 4.80. The van der Waals surface area contributed by atoms with Gasteiger partial charge in [0.2, 0.25) is 0 Å². The summed E-state index contributed by atoms with van der Waals surface area (Å²) in [6.07, 6.45) is 2.95. The molecule has 1 aliphatic heterocycles. The molecule has 3 rings (SSSR count). The van der Waals surface area contributed by atoms with Gasteiger partial charge in [-0.1, -0.05) is 18.2 Å². The topological polar surface area (TPSA) is 77.0 Å². The number of anilines is 1. The summed E-state index contributed by atoms with van der Waals surface area (Å²) in [5, 5.41) is 18.0. The van der Waals surface area contributed by atoms with Crippen molar-refractivity contribution in [2.24, 2.45) is 5.92 Å². The summed E-state index contributed by atoms with van der Waals surface area (Å²) in [7, 11) is 0. The summed E-state index contributed by atoms with van der Waals surface area (Å²) in [6.45, 7) is 1.44. The monoisotopic (exact) mass is 366 g/mol. The average molecular weight is 366 g/mol. The molecule has 1 fully saturated rings. The molecule has 1 heterocycles. The van der Waals surface area contributed by atoms with Crippen LogP contribution in [0, 0.1) is 23.1 Å². The first-order valence-corrected chi connectivity index (χ1v) is 9.15. The minimum atomic E-state index is -0.285. The lowest BCUT2D eigenvalue weighted by atomic mass is 9.87. The van der Waals surface area contributed by atoms with E-state index in [2.05, 4.69) is 16.0 Å². The van der Waals surface area contributed by atoms with Crippen molar-refractivity contribution in [2.75, 3.05) is 18.4 Å². The third-order valence-corrected chi connectivity index (χ3v) is 4.80. The molecular weight excluding hydrogens is 343 g/mol. The molecule has 5 nitrogen and oxygen atoms in total. The number of piperidine rings is 1. The van der Waals surface area contributed by atoms with E-state index in [-0.39, 0.29) is 17.9 Å². The average Bonchev–Trinajstić information content (AvgIpc) is 2.69. The van der Waals surface area contributed by atoms with Gasteiger partial charge >= 0.3 is 6.03 Å². The standard InChI is InChI=1S/C21H23FN4O/c22-18-6-4-15(5-7-18)10-16-8-9-24-20(11-16)14-25-21(27)26-19-3-1-2-17(12-19)13-23/h1-7,12,16,20,24H,8-11,14H2,(H2,25,26,27)/t16-,20-/m1/s1. The number of urea groups is 1. The lowest BCUT2D eigenvalue weighted by Crippen LogP contribution is -2.47. The number of carbonyl (C=O) groups excluding carboxylic acids is 1. The molecule has 0 radical (unpaired) electrons. The molecule has 0 bridgehead atoms. The van der Waals surface area contributed by atoms with E-state index >= 15 is 0 Å². The van der Waals surface area contributed by atoms with Crippen molar-refractivity contribution < 1.29 is 9.18 Å². The Balaban J connectivity index is 1.45. The fourth-order valence-electron chi connectivity index (χ4n) is 3.45. The van der Waals surface area contributed by atoms with Gasteiger partial charge in [0.25, 0.3) is 0 Å². The molecule has 27 heavy (non-hydrogen) atoms. The Hall–Kier alpha value is -2.91. The van der Waals surface area contributed by atoms with Crippen LogP contribution in [-0.4, -0.2) is 25.2 Å². The molecule has 0 aromatic heterocycles. The van der Waals surface area contributed by atoms with Crippen LogP contribution < -0.4 is 16.0 Å². The molecule has 2 amide bonds. The van der Waals surface area contributed by atoms with Crippen LogP contribution in [0.1, 0.15) is 24.0 Å². The van der Waals surface area contributed by atoms with E-state index in [4.69, 9.17) is 5.26 Å². The third kappa shape index (κ3) is 5.80. The Morgan fingerprint density at radius 2 is 2.07 bits per heavy atom. The maximum Gasteiger partial charge on any atom is 0.319 e. The van der Waals surface area contributed by atoms with Crippen molar-refractivity contribution in [3.8, 4) is 6.07 Å². The largest absolute Gasteiger partial charge is 0.336 e. The molecular formula is C21H23FN4O. The van der Waals surface area contributed by atoms with E-state index < -0.39 is 0 Å². The molecule has 1 saturated heterocycles. The highest BCUT2D eigenvalue weighted by atomic mass is 19.1. The normalized spacial score (nSPS) is 19.1. The summed E-state index contributed by atoms with van der Waals surface area (Å²) in [5.41, 5.74) is 2.24. The van der Waals surface area contributed by atoms with Gasteiger partial charge < -0.3 is 16.0 Å². The van der Waals surface area contributed by atoms with Gasteiger partial charge in [-0.15, -0.1) is 0 Å². The molecule has 0 spiro atoms. The number of rotatable bonds is 5. The first kappa shape index (κ1) is 18.9. The number of hydrogen-bond donors (Lipinski definition) is 3. The number of benzene rings is 2. The second-order valence-corrected chi connectivity index (χ2v) is 6.90. The van der Waals surface area contributed by atoms with Gasteiger partial charge in [0.15, 0.2) is 0 Å². The van der Waals surface area contributed by atoms with Crippen molar-refractivity contribution in [1.82, 2.24) is 10.6 Å². The second-order valence-electron chi connectivity index (χ2n) is 6.90. The number of hydrogen-bond acceptors (Lipinski definition) is 3. The Morgan fingerprint density at radius 1 is 1.26 bits per heavy atom. The minimum Gasteiger partial charge on any atom is -0.336 e. The van der Waals surface area contributed by atoms with Gasteiger partial charge in [-0.2, -0.15) is 5.26 Å². The summed E-state index contributed by atoms with van der Waals surface area (Å²) in [6, 6.07) is 15.5. The molecule has 140 valence electrons. The van der Waals surface area contributed by atoms with Crippen LogP contribution in [0.3, 0.4) is 0 Å². The van der Waals surface area contributed by atoms with Crippen molar-refractivity contribution in [3.63, 3.8) is 0 Å². The van der Waals surface area contributed by atoms with Crippen molar-refractivity contribution in [3.05, 3.63) is 65.5 Å². The van der Waals surface area contributed by atoms with Crippen LogP contribution >= 0.6 is 0 Å². The summed E-state index contributed by atoms with van der Waals surface area (Å²) >= 11 is 0. The summed E-state index contributed by atoms with van der Waals surface area (Å²) in [4.78, 5) is 12.1. The van der Waals surface area contributed by atoms with Gasteiger partial charge in [-0.05, 0) is 67.6 Å².